The Morgan fingerprint density at radius 2 is 1.85 bits per heavy atom. The lowest BCUT2D eigenvalue weighted by atomic mass is 10.1. The number of aliphatic imine (C=N–C) groups is 1. The zero-order valence-electron chi connectivity index (χ0n) is 15.5. The van der Waals surface area contributed by atoms with Gasteiger partial charge in [0.25, 0.3) is 0 Å². The fourth-order valence-electron chi connectivity index (χ4n) is 2.45. The van der Waals surface area contributed by atoms with Crippen molar-refractivity contribution in [1.82, 2.24) is 0 Å². The zero-order chi connectivity index (χ0) is 19.5. The molecule has 0 aliphatic carbocycles. The molecule has 1 N–H and O–H groups in total. The average Bonchev–Trinajstić information content (AvgIpc) is 2.68. The van der Waals surface area contributed by atoms with Crippen molar-refractivity contribution >= 4 is 17.9 Å². The lowest BCUT2D eigenvalue weighted by molar-refractivity contribution is -0.138. The van der Waals surface area contributed by atoms with Gasteiger partial charge in [-0.05, 0) is 60.5 Å². The van der Waals surface area contributed by atoms with Crippen LogP contribution in [0.3, 0.4) is 0 Å². The number of hydrogen-bond acceptors (Lipinski definition) is 5. The number of carbonyl (C=O) groups excluding carboxylic acids is 1. The van der Waals surface area contributed by atoms with Gasteiger partial charge in [-0.3, -0.25) is 4.99 Å². The van der Waals surface area contributed by atoms with Crippen LogP contribution >= 0.6 is 0 Å². The lowest BCUT2D eigenvalue weighted by Gasteiger charge is -2.18. The summed E-state index contributed by atoms with van der Waals surface area (Å²) >= 11 is 0. The van der Waals surface area contributed by atoms with E-state index in [4.69, 9.17) is 9.47 Å². The number of phenols is 1. The van der Waals surface area contributed by atoms with E-state index in [-0.39, 0.29) is 11.9 Å². The summed E-state index contributed by atoms with van der Waals surface area (Å²) in [4.78, 5) is 15.5. The van der Waals surface area contributed by atoms with Crippen LogP contribution < -0.4 is 4.74 Å². The third kappa shape index (κ3) is 7.36. The molecule has 5 nitrogen and oxygen atoms in total. The van der Waals surface area contributed by atoms with E-state index >= 15 is 0 Å². The minimum Gasteiger partial charge on any atom is -0.508 e. The van der Waals surface area contributed by atoms with Gasteiger partial charge in [-0.15, -0.1) is 0 Å². The highest BCUT2D eigenvalue weighted by molar-refractivity contribution is 5.82. The van der Waals surface area contributed by atoms with E-state index in [1.165, 1.54) is 0 Å². The van der Waals surface area contributed by atoms with Crippen LogP contribution in [0.15, 0.2) is 66.2 Å². The highest BCUT2D eigenvalue weighted by Gasteiger charge is 2.11. The normalized spacial score (nSPS) is 11.9. The van der Waals surface area contributed by atoms with E-state index in [0.717, 1.165) is 35.9 Å². The Hall–Kier alpha value is -3.08. The molecule has 0 spiro atoms. The molecule has 5 heteroatoms. The number of rotatable bonds is 10. The third-order valence-corrected chi connectivity index (χ3v) is 3.86. The van der Waals surface area contributed by atoms with Gasteiger partial charge < -0.3 is 14.6 Å². The zero-order valence-corrected chi connectivity index (χ0v) is 15.5. The standard InChI is InChI=1S/C22H25NO4/c1-3-5-20(14-15-26-22(25)4-2)27-21-12-6-17(7-13-21)16-23-18-8-10-19(24)11-9-18/h4,6-13,16,20,24H,2-3,5,14-15H2,1H3. The van der Waals surface area contributed by atoms with E-state index in [1.807, 2.05) is 24.3 Å². The van der Waals surface area contributed by atoms with Gasteiger partial charge >= 0.3 is 5.97 Å². The van der Waals surface area contributed by atoms with Crippen molar-refractivity contribution in [3.63, 3.8) is 0 Å². The van der Waals surface area contributed by atoms with Crippen molar-refractivity contribution in [3.8, 4) is 11.5 Å². The quantitative estimate of drug-likeness (QED) is 0.372. The van der Waals surface area contributed by atoms with E-state index in [0.29, 0.717) is 13.0 Å². The van der Waals surface area contributed by atoms with Crippen LogP contribution in [0.2, 0.25) is 0 Å². The Morgan fingerprint density at radius 3 is 2.48 bits per heavy atom. The molecule has 0 fully saturated rings. The fourth-order valence-corrected chi connectivity index (χ4v) is 2.45. The molecule has 0 heterocycles. The van der Waals surface area contributed by atoms with Gasteiger partial charge in [0, 0.05) is 18.7 Å². The minimum absolute atomic E-state index is 0.0101. The number of carbonyl (C=O) groups is 1. The molecule has 0 aliphatic heterocycles. The van der Waals surface area contributed by atoms with Gasteiger partial charge in [-0.1, -0.05) is 19.9 Å². The molecule has 142 valence electrons. The number of nitrogens with zero attached hydrogens (tertiary/aromatic N) is 1. The summed E-state index contributed by atoms with van der Waals surface area (Å²) in [6.45, 7) is 5.79. The predicted octanol–water partition coefficient (Wildman–Crippen LogP) is 4.81. The summed E-state index contributed by atoms with van der Waals surface area (Å²) < 4.78 is 11.0. The largest absolute Gasteiger partial charge is 0.508 e. The Labute approximate surface area is 160 Å². The number of esters is 1. The topological polar surface area (TPSA) is 68.1 Å². The third-order valence-electron chi connectivity index (χ3n) is 3.86. The summed E-state index contributed by atoms with van der Waals surface area (Å²) in [6, 6.07) is 14.4. The van der Waals surface area contributed by atoms with Gasteiger partial charge in [0.1, 0.15) is 17.6 Å². The number of benzene rings is 2. The first-order chi connectivity index (χ1) is 13.1. The molecule has 2 aromatic carbocycles. The van der Waals surface area contributed by atoms with Crippen LogP contribution in [0.4, 0.5) is 5.69 Å². The van der Waals surface area contributed by atoms with Crippen LogP contribution in [0.1, 0.15) is 31.7 Å². The molecule has 0 saturated heterocycles. The first-order valence-electron chi connectivity index (χ1n) is 8.99. The Kier molecular flexibility index (Phi) is 8.10. The molecule has 1 atom stereocenters. The van der Waals surface area contributed by atoms with E-state index in [2.05, 4.69) is 18.5 Å². The molecule has 0 radical (unpaired) electrons. The molecule has 2 rings (SSSR count). The molecule has 0 amide bonds. The van der Waals surface area contributed by atoms with E-state index in [9.17, 15) is 9.90 Å². The number of aromatic hydroxyl groups is 1. The van der Waals surface area contributed by atoms with Crippen LogP contribution in [0.25, 0.3) is 0 Å². The van der Waals surface area contributed by atoms with Crippen LogP contribution in [0, 0.1) is 0 Å². The van der Waals surface area contributed by atoms with Gasteiger partial charge in [0.05, 0.1) is 12.3 Å². The Morgan fingerprint density at radius 1 is 1.15 bits per heavy atom. The van der Waals surface area contributed by atoms with Crippen LogP contribution in [-0.4, -0.2) is 30.0 Å². The second-order valence-electron chi connectivity index (χ2n) is 6.03. The molecule has 0 aliphatic rings. The van der Waals surface area contributed by atoms with Crippen molar-refractivity contribution < 1.29 is 19.4 Å². The fraction of sp³-hybridized carbons (Fsp3) is 0.273. The maximum atomic E-state index is 11.1. The molecule has 0 aromatic heterocycles. The highest BCUT2D eigenvalue weighted by atomic mass is 16.5. The maximum absolute atomic E-state index is 11.1. The molecular weight excluding hydrogens is 342 g/mol. The van der Waals surface area contributed by atoms with Crippen molar-refractivity contribution in [1.29, 1.82) is 0 Å². The predicted molar refractivity (Wildman–Crippen MR) is 107 cm³/mol. The number of phenolic OH excluding ortho intramolecular Hbond substituents is 1. The summed E-state index contributed by atoms with van der Waals surface area (Å²) in [7, 11) is 0. The first-order valence-corrected chi connectivity index (χ1v) is 8.99. The van der Waals surface area contributed by atoms with E-state index in [1.54, 1.807) is 30.5 Å². The highest BCUT2D eigenvalue weighted by Crippen LogP contribution is 2.19. The van der Waals surface area contributed by atoms with E-state index < -0.39 is 5.97 Å². The van der Waals surface area contributed by atoms with Gasteiger partial charge in [0.2, 0.25) is 0 Å². The molecule has 1 unspecified atom stereocenters. The van der Waals surface area contributed by atoms with Crippen molar-refractivity contribution in [2.45, 2.75) is 32.3 Å². The summed E-state index contributed by atoms with van der Waals surface area (Å²) in [5.74, 6) is 0.573. The smallest absolute Gasteiger partial charge is 0.330 e. The van der Waals surface area contributed by atoms with Gasteiger partial charge in [0.15, 0.2) is 0 Å². The first kappa shape index (κ1) is 20.2. The Balaban J connectivity index is 1.90. The summed E-state index contributed by atoms with van der Waals surface area (Å²) in [6.07, 6.45) is 5.41. The van der Waals surface area contributed by atoms with Crippen LogP contribution in [-0.2, 0) is 9.53 Å². The summed E-state index contributed by atoms with van der Waals surface area (Å²) in [5, 5.41) is 9.28. The molecule has 2 aromatic rings. The molecule has 0 saturated carbocycles. The molecule has 0 bridgehead atoms. The average molecular weight is 367 g/mol. The van der Waals surface area contributed by atoms with Crippen molar-refractivity contribution in [3.05, 3.63) is 66.7 Å². The number of hydrogen-bond donors (Lipinski definition) is 1. The summed E-state index contributed by atoms with van der Waals surface area (Å²) in [5.41, 5.74) is 1.72. The molecular formula is C22H25NO4. The van der Waals surface area contributed by atoms with Gasteiger partial charge in [-0.25, -0.2) is 4.79 Å². The monoisotopic (exact) mass is 367 g/mol. The van der Waals surface area contributed by atoms with Crippen molar-refractivity contribution in [2.24, 2.45) is 4.99 Å². The van der Waals surface area contributed by atoms with Crippen LogP contribution in [0.5, 0.6) is 11.5 Å². The lowest BCUT2D eigenvalue weighted by Crippen LogP contribution is -2.19. The second kappa shape index (κ2) is 10.8. The SMILES string of the molecule is C=CC(=O)OCCC(CCC)Oc1ccc(C=Nc2ccc(O)cc2)cc1. The van der Waals surface area contributed by atoms with Gasteiger partial charge in [-0.2, -0.15) is 0 Å². The minimum atomic E-state index is -0.414. The molecule has 27 heavy (non-hydrogen) atoms. The van der Waals surface area contributed by atoms with Crippen molar-refractivity contribution in [2.75, 3.05) is 6.61 Å². The Bertz CT molecular complexity index is 751. The number of ether oxygens (including phenoxy) is 2. The second-order valence-corrected chi connectivity index (χ2v) is 6.03. The maximum Gasteiger partial charge on any atom is 0.330 e.